The Kier molecular flexibility index (Phi) is 7.11. The number of nitrogens with zero attached hydrogens (tertiary/aromatic N) is 2. The van der Waals surface area contributed by atoms with Crippen LogP contribution in [-0.2, 0) is 20.7 Å². The second-order valence-electron chi connectivity index (χ2n) is 7.13. The Morgan fingerprint density at radius 1 is 1.16 bits per heavy atom. The first-order valence-corrected chi connectivity index (χ1v) is 9.85. The lowest BCUT2D eigenvalue weighted by atomic mass is 9.90. The molecule has 0 spiro atoms. The van der Waals surface area contributed by atoms with Crippen molar-refractivity contribution in [3.63, 3.8) is 0 Å². The van der Waals surface area contributed by atoms with Crippen molar-refractivity contribution in [2.45, 2.75) is 18.9 Å². The Morgan fingerprint density at radius 2 is 1.87 bits per heavy atom. The van der Waals surface area contributed by atoms with Gasteiger partial charge in [0, 0.05) is 12.6 Å². The van der Waals surface area contributed by atoms with E-state index in [1.165, 1.54) is 7.11 Å². The lowest BCUT2D eigenvalue weighted by Gasteiger charge is -2.36. The first kappa shape index (κ1) is 22.1. The van der Waals surface area contributed by atoms with Gasteiger partial charge in [0.05, 0.1) is 45.5 Å². The van der Waals surface area contributed by atoms with Crippen molar-refractivity contribution in [2.24, 2.45) is 0 Å². The summed E-state index contributed by atoms with van der Waals surface area (Å²) in [5.41, 5.74) is 2.80. The maximum atomic E-state index is 12.8. The number of esters is 1. The fourth-order valence-electron chi connectivity index (χ4n) is 3.81. The topological polar surface area (TPSA) is 101 Å². The quantitative estimate of drug-likeness (QED) is 0.683. The maximum absolute atomic E-state index is 12.8. The van der Waals surface area contributed by atoms with Gasteiger partial charge in [0.1, 0.15) is 6.07 Å². The number of hydrogen-bond acceptors (Lipinski definition) is 7. The molecule has 1 N–H and O–H groups in total. The molecule has 1 heterocycles. The molecule has 0 aliphatic carbocycles. The minimum absolute atomic E-state index is 0.0647. The van der Waals surface area contributed by atoms with Gasteiger partial charge in [-0.1, -0.05) is 12.1 Å². The summed E-state index contributed by atoms with van der Waals surface area (Å²) in [4.78, 5) is 26.8. The molecule has 0 unspecified atom stereocenters. The van der Waals surface area contributed by atoms with Crippen molar-refractivity contribution >= 4 is 17.6 Å². The third-order valence-electron chi connectivity index (χ3n) is 5.37. The van der Waals surface area contributed by atoms with Crippen LogP contribution in [0.25, 0.3) is 0 Å². The van der Waals surface area contributed by atoms with E-state index in [9.17, 15) is 14.9 Å². The first-order chi connectivity index (χ1) is 15.0. The molecular weight excluding hydrogens is 398 g/mol. The molecule has 2 aromatic rings. The van der Waals surface area contributed by atoms with E-state index < -0.39 is 0 Å². The van der Waals surface area contributed by atoms with Crippen LogP contribution in [0.5, 0.6) is 11.5 Å². The molecule has 2 aromatic carbocycles. The second kappa shape index (κ2) is 9.96. The van der Waals surface area contributed by atoms with Crippen LogP contribution in [0.4, 0.5) is 5.69 Å². The number of carbonyl (C=O) groups is 2. The predicted octanol–water partition coefficient (Wildman–Crippen LogP) is 2.68. The molecule has 8 nitrogen and oxygen atoms in total. The minimum atomic E-state index is -0.368. The summed E-state index contributed by atoms with van der Waals surface area (Å²) in [6.07, 6.45) is 0.788. The molecule has 0 saturated heterocycles. The highest BCUT2D eigenvalue weighted by molar-refractivity contribution is 5.93. The molecule has 1 aliphatic rings. The van der Waals surface area contributed by atoms with Crippen molar-refractivity contribution in [3.8, 4) is 17.6 Å². The highest BCUT2D eigenvalue weighted by atomic mass is 16.5. The number of rotatable bonds is 7. The van der Waals surface area contributed by atoms with Gasteiger partial charge in [0.25, 0.3) is 0 Å². The molecule has 0 radical (unpaired) electrons. The summed E-state index contributed by atoms with van der Waals surface area (Å²) in [5.74, 6) is 0.553. The average molecular weight is 423 g/mol. The third kappa shape index (κ3) is 4.95. The van der Waals surface area contributed by atoms with E-state index in [1.54, 1.807) is 38.5 Å². The number of carbonyl (C=O) groups excluding carboxylic acids is 2. The van der Waals surface area contributed by atoms with Crippen molar-refractivity contribution in [1.82, 2.24) is 4.90 Å². The van der Waals surface area contributed by atoms with Gasteiger partial charge in [-0.25, -0.2) is 0 Å². The van der Waals surface area contributed by atoms with E-state index in [0.717, 1.165) is 11.1 Å². The average Bonchev–Trinajstić information content (AvgIpc) is 2.79. The van der Waals surface area contributed by atoms with E-state index in [1.807, 2.05) is 17.0 Å². The molecule has 162 valence electrons. The first-order valence-electron chi connectivity index (χ1n) is 9.85. The van der Waals surface area contributed by atoms with Crippen LogP contribution < -0.4 is 14.8 Å². The Labute approximate surface area is 181 Å². The molecule has 3 rings (SSSR count). The molecule has 31 heavy (non-hydrogen) atoms. The minimum Gasteiger partial charge on any atom is -0.493 e. The number of amides is 1. The maximum Gasteiger partial charge on any atom is 0.307 e. The lowest BCUT2D eigenvalue weighted by Crippen LogP contribution is -2.41. The molecule has 0 saturated carbocycles. The summed E-state index contributed by atoms with van der Waals surface area (Å²) in [5, 5.41) is 12.0. The third-order valence-corrected chi connectivity index (χ3v) is 5.37. The zero-order valence-electron chi connectivity index (χ0n) is 17.8. The van der Waals surface area contributed by atoms with Crippen LogP contribution in [0.1, 0.15) is 29.2 Å². The Hall–Kier alpha value is -3.57. The largest absolute Gasteiger partial charge is 0.493 e. The zero-order chi connectivity index (χ0) is 22.4. The monoisotopic (exact) mass is 423 g/mol. The molecule has 1 atom stereocenters. The van der Waals surface area contributed by atoms with E-state index in [-0.39, 0.29) is 30.9 Å². The van der Waals surface area contributed by atoms with E-state index in [4.69, 9.17) is 14.2 Å². The van der Waals surface area contributed by atoms with Crippen LogP contribution >= 0.6 is 0 Å². The Bertz CT molecular complexity index is 1010. The zero-order valence-corrected chi connectivity index (χ0v) is 17.8. The smallest absolute Gasteiger partial charge is 0.307 e. The summed E-state index contributed by atoms with van der Waals surface area (Å²) >= 11 is 0. The number of para-hydroxylation sites is 1. The number of fused-ring (bicyclic) bond motifs is 1. The van der Waals surface area contributed by atoms with Gasteiger partial charge < -0.3 is 19.5 Å². The van der Waals surface area contributed by atoms with Crippen molar-refractivity contribution in [2.75, 3.05) is 39.7 Å². The highest BCUT2D eigenvalue weighted by Crippen LogP contribution is 2.39. The van der Waals surface area contributed by atoms with Crippen LogP contribution in [0.3, 0.4) is 0 Å². The standard InChI is InChI=1S/C23H25N3O5/c1-29-20-10-15-8-9-26(14-22(27)25-18-7-5-4-6-16(18)13-24)19(12-23(28)31-3)17(15)11-21(20)30-2/h4-7,10-11,19H,8-9,12,14H2,1-3H3,(H,25,27)/t19-/m0/s1. The summed E-state index contributed by atoms with van der Waals surface area (Å²) < 4.78 is 15.7. The fourth-order valence-corrected chi connectivity index (χ4v) is 3.81. The molecule has 0 aromatic heterocycles. The lowest BCUT2D eigenvalue weighted by molar-refractivity contribution is -0.142. The van der Waals surface area contributed by atoms with Crippen LogP contribution in [0.15, 0.2) is 36.4 Å². The van der Waals surface area contributed by atoms with E-state index >= 15 is 0 Å². The van der Waals surface area contributed by atoms with Crippen LogP contribution in [-0.4, -0.2) is 51.2 Å². The molecule has 1 amide bonds. The number of hydrogen-bond donors (Lipinski definition) is 1. The normalized spacial score (nSPS) is 15.4. The number of ether oxygens (including phenoxy) is 3. The number of nitrogens with one attached hydrogen (secondary N) is 1. The van der Waals surface area contributed by atoms with Gasteiger partial charge in [-0.05, 0) is 41.8 Å². The second-order valence-corrected chi connectivity index (χ2v) is 7.13. The Morgan fingerprint density at radius 3 is 2.55 bits per heavy atom. The number of benzene rings is 2. The number of nitriles is 1. The van der Waals surface area contributed by atoms with E-state index in [2.05, 4.69) is 11.4 Å². The van der Waals surface area contributed by atoms with Gasteiger partial charge in [-0.15, -0.1) is 0 Å². The Balaban J connectivity index is 1.86. The fraction of sp³-hybridized carbons (Fsp3) is 0.348. The predicted molar refractivity (Wildman–Crippen MR) is 114 cm³/mol. The molecule has 0 bridgehead atoms. The molecule has 0 fully saturated rings. The van der Waals surface area contributed by atoms with Gasteiger partial charge >= 0.3 is 5.97 Å². The van der Waals surface area contributed by atoms with Crippen molar-refractivity contribution < 1.29 is 23.8 Å². The van der Waals surface area contributed by atoms with E-state index in [0.29, 0.717) is 35.7 Å². The molecule has 8 heteroatoms. The SMILES string of the molecule is COC(=O)C[C@H]1c2cc(OC)c(OC)cc2CCN1CC(=O)Nc1ccccc1C#N. The van der Waals surface area contributed by atoms with Gasteiger partial charge in [0.15, 0.2) is 11.5 Å². The van der Waals surface area contributed by atoms with Crippen molar-refractivity contribution in [1.29, 1.82) is 5.26 Å². The van der Waals surface area contributed by atoms with Crippen LogP contribution in [0, 0.1) is 11.3 Å². The number of anilines is 1. The summed E-state index contributed by atoms with van der Waals surface area (Å²) in [6, 6.07) is 12.3. The van der Waals surface area contributed by atoms with Crippen LogP contribution in [0.2, 0.25) is 0 Å². The van der Waals surface area contributed by atoms with Gasteiger partial charge in [-0.3, -0.25) is 14.5 Å². The highest BCUT2D eigenvalue weighted by Gasteiger charge is 2.32. The molecule has 1 aliphatic heterocycles. The molecular formula is C23H25N3O5. The van der Waals surface area contributed by atoms with Gasteiger partial charge in [-0.2, -0.15) is 5.26 Å². The van der Waals surface area contributed by atoms with Gasteiger partial charge in [0.2, 0.25) is 5.91 Å². The number of methoxy groups -OCH3 is 3. The summed E-state index contributed by atoms with van der Waals surface area (Å²) in [7, 11) is 4.48. The van der Waals surface area contributed by atoms with Crippen molar-refractivity contribution in [3.05, 3.63) is 53.1 Å². The summed E-state index contributed by atoms with van der Waals surface area (Å²) in [6.45, 7) is 0.646.